The highest BCUT2D eigenvalue weighted by Gasteiger charge is 2.20. The van der Waals surface area contributed by atoms with Gasteiger partial charge in [-0.2, -0.15) is 10.2 Å². The molecule has 0 aliphatic heterocycles. The number of halogens is 1. The molecule has 2 amide bonds. The summed E-state index contributed by atoms with van der Waals surface area (Å²) in [5, 5.41) is 14.6. The lowest BCUT2D eigenvalue weighted by molar-refractivity contribution is 0.101. The van der Waals surface area contributed by atoms with Crippen molar-refractivity contribution in [3.8, 4) is 5.75 Å². The summed E-state index contributed by atoms with van der Waals surface area (Å²) in [6.45, 7) is 6.07. The van der Waals surface area contributed by atoms with E-state index >= 15 is 0 Å². The number of amides is 2. The SMILES string of the molecule is Cc1cc(OCc2ccc(C(=O)Nc3cnn(C)c3C(=O)Nc3cnn(C)c3C)cc2)cc(C)c1Cl. The second-order valence-electron chi connectivity index (χ2n) is 8.56. The Balaban J connectivity index is 1.41. The van der Waals surface area contributed by atoms with Crippen molar-refractivity contribution in [1.29, 1.82) is 0 Å². The summed E-state index contributed by atoms with van der Waals surface area (Å²) in [6.07, 6.45) is 3.02. The maximum absolute atomic E-state index is 12.9. The minimum absolute atomic E-state index is 0.227. The van der Waals surface area contributed by atoms with Crippen molar-refractivity contribution >= 4 is 34.8 Å². The summed E-state index contributed by atoms with van der Waals surface area (Å²) in [4.78, 5) is 25.8. The van der Waals surface area contributed by atoms with Gasteiger partial charge in [0, 0.05) is 24.7 Å². The highest BCUT2D eigenvalue weighted by molar-refractivity contribution is 6.32. The van der Waals surface area contributed by atoms with Crippen LogP contribution in [0.1, 0.15) is 43.2 Å². The molecule has 186 valence electrons. The number of ether oxygens (including phenoxy) is 1. The molecule has 0 aliphatic rings. The molecular weight excluding hydrogens is 480 g/mol. The van der Waals surface area contributed by atoms with Crippen LogP contribution in [-0.2, 0) is 20.7 Å². The molecular formula is C26H27ClN6O3. The first-order valence-electron chi connectivity index (χ1n) is 11.3. The molecule has 2 N–H and O–H groups in total. The number of carbonyl (C=O) groups is 2. The number of carbonyl (C=O) groups excluding carboxylic acids is 2. The average Bonchev–Trinajstić information content (AvgIpc) is 3.37. The summed E-state index contributed by atoms with van der Waals surface area (Å²) in [7, 11) is 3.43. The Hall–Kier alpha value is -4.11. The van der Waals surface area contributed by atoms with Gasteiger partial charge in [0.1, 0.15) is 18.1 Å². The van der Waals surface area contributed by atoms with Gasteiger partial charge in [-0.15, -0.1) is 0 Å². The molecule has 2 aromatic heterocycles. The zero-order chi connectivity index (χ0) is 26.0. The molecule has 0 aliphatic carbocycles. The number of aromatic nitrogens is 4. The van der Waals surface area contributed by atoms with Gasteiger partial charge in [0.2, 0.25) is 0 Å². The zero-order valence-electron chi connectivity index (χ0n) is 20.7. The summed E-state index contributed by atoms with van der Waals surface area (Å²) in [5.41, 5.74) is 5.19. The summed E-state index contributed by atoms with van der Waals surface area (Å²) >= 11 is 6.22. The fourth-order valence-electron chi connectivity index (χ4n) is 3.70. The van der Waals surface area contributed by atoms with Crippen LogP contribution in [0.2, 0.25) is 5.02 Å². The minimum atomic E-state index is -0.401. The lowest BCUT2D eigenvalue weighted by Crippen LogP contribution is -2.20. The smallest absolute Gasteiger partial charge is 0.276 e. The van der Waals surface area contributed by atoms with Crippen molar-refractivity contribution in [2.75, 3.05) is 10.6 Å². The molecule has 2 heterocycles. The van der Waals surface area contributed by atoms with Crippen molar-refractivity contribution in [3.05, 3.63) is 87.5 Å². The topological polar surface area (TPSA) is 103 Å². The van der Waals surface area contributed by atoms with Gasteiger partial charge in [0.25, 0.3) is 11.8 Å². The molecule has 0 fully saturated rings. The van der Waals surface area contributed by atoms with E-state index in [1.807, 2.05) is 45.0 Å². The molecule has 0 bridgehead atoms. The molecule has 36 heavy (non-hydrogen) atoms. The van der Waals surface area contributed by atoms with E-state index < -0.39 is 5.91 Å². The van der Waals surface area contributed by atoms with Crippen molar-refractivity contribution in [2.45, 2.75) is 27.4 Å². The van der Waals surface area contributed by atoms with E-state index in [0.717, 1.165) is 33.2 Å². The maximum atomic E-state index is 12.9. The average molecular weight is 507 g/mol. The number of hydrogen-bond donors (Lipinski definition) is 2. The molecule has 0 unspecified atom stereocenters. The van der Waals surface area contributed by atoms with Gasteiger partial charge in [0.05, 0.1) is 29.5 Å². The largest absolute Gasteiger partial charge is 0.489 e. The van der Waals surface area contributed by atoms with E-state index in [1.165, 1.54) is 10.9 Å². The fraction of sp³-hybridized carbons (Fsp3) is 0.231. The number of anilines is 2. The lowest BCUT2D eigenvalue weighted by Gasteiger charge is -2.11. The minimum Gasteiger partial charge on any atom is -0.489 e. The van der Waals surface area contributed by atoms with Gasteiger partial charge in [-0.3, -0.25) is 19.0 Å². The van der Waals surface area contributed by atoms with Crippen LogP contribution in [0.15, 0.2) is 48.8 Å². The van der Waals surface area contributed by atoms with Crippen LogP contribution in [-0.4, -0.2) is 31.4 Å². The third kappa shape index (κ3) is 5.26. The van der Waals surface area contributed by atoms with Gasteiger partial charge in [0.15, 0.2) is 0 Å². The second kappa shape index (κ2) is 10.2. The first-order chi connectivity index (χ1) is 17.1. The normalized spacial score (nSPS) is 10.8. The lowest BCUT2D eigenvalue weighted by atomic mass is 10.1. The molecule has 10 heteroatoms. The molecule has 4 rings (SSSR count). The second-order valence-corrected chi connectivity index (χ2v) is 8.94. The molecule has 9 nitrogen and oxygen atoms in total. The van der Waals surface area contributed by atoms with Crippen LogP contribution < -0.4 is 15.4 Å². The van der Waals surface area contributed by atoms with Gasteiger partial charge in [-0.1, -0.05) is 23.7 Å². The predicted molar refractivity (Wildman–Crippen MR) is 139 cm³/mol. The standard InChI is InChI=1S/C26H27ClN6O3/c1-15-10-20(11-16(2)23(15)27)36-14-18-6-8-19(9-7-18)25(34)31-22-13-29-33(5)24(22)26(35)30-21-12-28-32(4)17(21)3/h6-13H,14H2,1-5H3,(H,30,35)(H,31,34). The van der Waals surface area contributed by atoms with Crippen LogP contribution in [0.4, 0.5) is 11.4 Å². The van der Waals surface area contributed by atoms with E-state index in [1.54, 1.807) is 37.1 Å². The highest BCUT2D eigenvalue weighted by Crippen LogP contribution is 2.26. The number of nitrogens with one attached hydrogen (secondary N) is 2. The highest BCUT2D eigenvalue weighted by atomic mass is 35.5. The third-order valence-corrected chi connectivity index (χ3v) is 6.51. The van der Waals surface area contributed by atoms with E-state index in [9.17, 15) is 9.59 Å². The Morgan fingerprint density at radius 2 is 1.47 bits per heavy atom. The molecule has 0 saturated heterocycles. The first kappa shape index (κ1) is 25.0. The summed E-state index contributed by atoms with van der Waals surface area (Å²) in [6, 6.07) is 10.9. The molecule has 0 radical (unpaired) electrons. The molecule has 0 atom stereocenters. The Morgan fingerprint density at radius 3 is 2.08 bits per heavy atom. The summed E-state index contributed by atoms with van der Waals surface area (Å²) in [5.74, 6) is -0.0207. The fourth-order valence-corrected chi connectivity index (χ4v) is 3.81. The van der Waals surface area contributed by atoms with E-state index in [-0.39, 0.29) is 11.6 Å². The first-order valence-corrected chi connectivity index (χ1v) is 11.6. The third-order valence-electron chi connectivity index (χ3n) is 5.92. The van der Waals surface area contributed by atoms with Gasteiger partial charge < -0.3 is 15.4 Å². The van der Waals surface area contributed by atoms with E-state index in [0.29, 0.717) is 23.5 Å². The van der Waals surface area contributed by atoms with Crippen molar-refractivity contribution in [2.24, 2.45) is 14.1 Å². The van der Waals surface area contributed by atoms with Gasteiger partial charge >= 0.3 is 0 Å². The Kier molecular flexibility index (Phi) is 7.12. The van der Waals surface area contributed by atoms with Crippen molar-refractivity contribution < 1.29 is 14.3 Å². The number of hydrogen-bond acceptors (Lipinski definition) is 5. The number of rotatable bonds is 7. The number of aryl methyl sites for hydroxylation is 4. The molecule has 4 aromatic rings. The van der Waals surface area contributed by atoms with Crippen molar-refractivity contribution in [3.63, 3.8) is 0 Å². The van der Waals surface area contributed by atoms with Crippen LogP contribution in [0.25, 0.3) is 0 Å². The van der Waals surface area contributed by atoms with Crippen LogP contribution >= 0.6 is 11.6 Å². The quantitative estimate of drug-likeness (QED) is 0.374. The Morgan fingerprint density at radius 1 is 0.889 bits per heavy atom. The number of nitrogens with zero attached hydrogens (tertiary/aromatic N) is 4. The Labute approximate surface area is 214 Å². The van der Waals surface area contributed by atoms with Gasteiger partial charge in [-0.05, 0) is 61.7 Å². The van der Waals surface area contributed by atoms with E-state index in [2.05, 4.69) is 20.8 Å². The predicted octanol–water partition coefficient (Wildman–Crippen LogP) is 4.82. The van der Waals surface area contributed by atoms with Crippen LogP contribution in [0.3, 0.4) is 0 Å². The van der Waals surface area contributed by atoms with Gasteiger partial charge in [-0.25, -0.2) is 0 Å². The van der Waals surface area contributed by atoms with Crippen molar-refractivity contribution in [1.82, 2.24) is 19.6 Å². The molecule has 2 aromatic carbocycles. The Bertz CT molecular complexity index is 1420. The maximum Gasteiger partial charge on any atom is 0.276 e. The number of benzene rings is 2. The van der Waals surface area contributed by atoms with Crippen LogP contribution in [0, 0.1) is 20.8 Å². The monoisotopic (exact) mass is 506 g/mol. The van der Waals surface area contributed by atoms with Crippen LogP contribution in [0.5, 0.6) is 5.75 Å². The molecule has 0 spiro atoms. The zero-order valence-corrected chi connectivity index (χ0v) is 21.5. The van der Waals surface area contributed by atoms with E-state index in [4.69, 9.17) is 16.3 Å². The molecule has 0 saturated carbocycles. The summed E-state index contributed by atoms with van der Waals surface area (Å²) < 4.78 is 8.96.